The molecule has 2 fully saturated rings. The van der Waals surface area contributed by atoms with Gasteiger partial charge in [0.15, 0.2) is 0 Å². The van der Waals surface area contributed by atoms with E-state index >= 15 is 0 Å². The monoisotopic (exact) mass is 250 g/mol. The molecule has 0 nitrogen and oxygen atoms in total. The third-order valence-corrected chi connectivity index (χ3v) is 9.19. The summed E-state index contributed by atoms with van der Waals surface area (Å²) in [4.78, 5) is 0. The molecule has 0 N–H and O–H groups in total. The maximum atomic E-state index is 2.52. The van der Waals surface area contributed by atoms with Crippen molar-refractivity contribution < 1.29 is 0 Å². The van der Waals surface area contributed by atoms with E-state index in [4.69, 9.17) is 0 Å². The predicted octanol–water partition coefficient (Wildman–Crippen LogP) is 5.46. The van der Waals surface area contributed by atoms with Crippen molar-refractivity contribution in [2.24, 2.45) is 0 Å². The van der Waals surface area contributed by atoms with E-state index < -0.39 is 0 Å². The Morgan fingerprint density at radius 3 is 2.06 bits per heavy atom. The number of rotatable bonds is 1. The first-order chi connectivity index (χ1) is 8.45. The van der Waals surface area contributed by atoms with Crippen LogP contribution < -0.4 is 0 Å². The predicted molar refractivity (Wildman–Crippen MR) is 78.2 cm³/mol. The van der Waals surface area contributed by atoms with E-state index in [-0.39, 0.29) is 0 Å². The highest BCUT2D eigenvalue weighted by molar-refractivity contribution is 7.60. The van der Waals surface area contributed by atoms with Crippen LogP contribution in [-0.4, -0.2) is 17.0 Å². The first kappa shape index (κ1) is 12.2. The van der Waals surface area contributed by atoms with Gasteiger partial charge in [0.05, 0.1) is 0 Å². The fraction of sp³-hybridized carbons (Fsp3) is 0.875. The second-order valence-electron chi connectivity index (χ2n) is 6.26. The summed E-state index contributed by atoms with van der Waals surface area (Å²) in [5.74, 6) is 0. The Hall–Kier alpha value is 0.170. The molecule has 0 aromatic heterocycles. The van der Waals surface area contributed by atoms with Crippen LogP contribution in [0.25, 0.3) is 0 Å². The molecule has 17 heavy (non-hydrogen) atoms. The van der Waals surface area contributed by atoms with E-state index in [0.717, 1.165) is 5.66 Å². The van der Waals surface area contributed by atoms with Gasteiger partial charge >= 0.3 is 0 Å². The molecule has 3 unspecified atom stereocenters. The SMILES string of the molecule is C1=CCC(P2C3CCCCC2CC3)CCCC1. The smallest absolute Gasteiger partial charge is 0.0170 e. The van der Waals surface area contributed by atoms with Crippen molar-refractivity contribution in [3.8, 4) is 0 Å². The molecule has 2 saturated heterocycles. The Labute approximate surface area is 108 Å². The lowest BCUT2D eigenvalue weighted by Gasteiger charge is -2.32. The van der Waals surface area contributed by atoms with Crippen LogP contribution in [0.3, 0.4) is 0 Å². The second-order valence-corrected chi connectivity index (χ2v) is 9.35. The summed E-state index contributed by atoms with van der Waals surface area (Å²) in [6.07, 6.45) is 21.7. The maximum Gasteiger partial charge on any atom is -0.0170 e. The minimum atomic E-state index is 0.392. The van der Waals surface area contributed by atoms with E-state index in [9.17, 15) is 0 Å². The van der Waals surface area contributed by atoms with Crippen molar-refractivity contribution in [2.45, 2.75) is 87.6 Å². The van der Waals surface area contributed by atoms with E-state index in [0.29, 0.717) is 7.92 Å². The van der Waals surface area contributed by atoms with E-state index in [1.807, 2.05) is 0 Å². The third kappa shape index (κ3) is 2.78. The molecule has 3 atom stereocenters. The van der Waals surface area contributed by atoms with Gasteiger partial charge in [-0.2, -0.15) is 0 Å². The zero-order valence-corrected chi connectivity index (χ0v) is 12.0. The summed E-state index contributed by atoms with van der Waals surface area (Å²) in [6, 6.07) is 0. The molecule has 3 rings (SSSR count). The van der Waals surface area contributed by atoms with Crippen LogP contribution in [0.4, 0.5) is 0 Å². The van der Waals surface area contributed by atoms with Crippen molar-refractivity contribution in [3.63, 3.8) is 0 Å². The molecule has 0 amide bonds. The van der Waals surface area contributed by atoms with Gasteiger partial charge in [0.1, 0.15) is 0 Å². The summed E-state index contributed by atoms with van der Waals surface area (Å²) in [5, 5.41) is 0. The zero-order valence-electron chi connectivity index (χ0n) is 11.1. The summed E-state index contributed by atoms with van der Waals surface area (Å²) in [5.41, 5.74) is 3.46. The molecule has 2 heterocycles. The number of hydrogen-bond acceptors (Lipinski definition) is 0. The van der Waals surface area contributed by atoms with Gasteiger partial charge < -0.3 is 0 Å². The molecule has 2 aliphatic heterocycles. The van der Waals surface area contributed by atoms with Crippen molar-refractivity contribution in [3.05, 3.63) is 12.2 Å². The summed E-state index contributed by atoms with van der Waals surface area (Å²) < 4.78 is 0. The number of fused-ring (bicyclic) bond motifs is 2. The summed E-state index contributed by atoms with van der Waals surface area (Å²) in [7, 11) is 0.392. The van der Waals surface area contributed by atoms with Gasteiger partial charge in [0.25, 0.3) is 0 Å². The fourth-order valence-electron chi connectivity index (χ4n) is 4.33. The Balaban J connectivity index is 1.72. The average Bonchev–Trinajstić information content (AvgIpc) is 2.52. The lowest BCUT2D eigenvalue weighted by molar-refractivity contribution is 0.556. The quantitative estimate of drug-likeness (QED) is 0.428. The van der Waals surface area contributed by atoms with E-state index in [2.05, 4.69) is 12.2 Å². The first-order valence-electron chi connectivity index (χ1n) is 7.87. The molecule has 0 saturated carbocycles. The highest BCUT2D eigenvalue weighted by atomic mass is 31.1. The van der Waals surface area contributed by atoms with Gasteiger partial charge in [-0.1, -0.05) is 39.3 Å². The maximum absolute atomic E-state index is 2.52. The lowest BCUT2D eigenvalue weighted by Crippen LogP contribution is -2.15. The van der Waals surface area contributed by atoms with Crippen molar-refractivity contribution in [2.75, 3.05) is 0 Å². The lowest BCUT2D eigenvalue weighted by atomic mass is 10.0. The molecule has 0 aromatic carbocycles. The van der Waals surface area contributed by atoms with Gasteiger partial charge in [-0.3, -0.25) is 0 Å². The molecule has 1 aliphatic carbocycles. The number of hydrogen-bond donors (Lipinski definition) is 0. The minimum absolute atomic E-state index is 0.392. The topological polar surface area (TPSA) is 0 Å². The number of allylic oxidation sites excluding steroid dienone is 2. The van der Waals surface area contributed by atoms with Crippen LogP contribution in [0.5, 0.6) is 0 Å². The standard InChI is InChI=1S/C16H27P/c1-2-4-8-14(9-5-3-1)17-15-10-6-7-11-16(17)13-12-15/h2,4,14-16H,1,3,5-13H2. The fourth-order valence-corrected chi connectivity index (χ4v) is 8.82. The van der Waals surface area contributed by atoms with E-state index in [1.165, 1.54) is 37.0 Å². The Kier molecular flexibility index (Phi) is 4.22. The summed E-state index contributed by atoms with van der Waals surface area (Å²) in [6.45, 7) is 0. The minimum Gasteiger partial charge on any atom is -0.0968 e. The molecule has 0 spiro atoms. The van der Waals surface area contributed by atoms with Gasteiger partial charge in [-0.15, -0.1) is 0 Å². The van der Waals surface area contributed by atoms with Crippen molar-refractivity contribution in [1.82, 2.24) is 0 Å². The molecule has 1 heteroatoms. The van der Waals surface area contributed by atoms with Crippen LogP contribution in [0, 0.1) is 0 Å². The van der Waals surface area contributed by atoms with Crippen LogP contribution >= 0.6 is 7.92 Å². The molecule has 96 valence electrons. The second kappa shape index (κ2) is 5.87. The van der Waals surface area contributed by atoms with Gasteiger partial charge in [0.2, 0.25) is 0 Å². The van der Waals surface area contributed by atoms with Gasteiger partial charge in [-0.05, 0) is 68.3 Å². The first-order valence-corrected chi connectivity index (χ1v) is 9.42. The normalized spacial score (nSPS) is 42.8. The molecule has 3 aliphatic rings. The van der Waals surface area contributed by atoms with Gasteiger partial charge in [-0.25, -0.2) is 0 Å². The van der Waals surface area contributed by atoms with Crippen LogP contribution in [0.15, 0.2) is 12.2 Å². The Morgan fingerprint density at radius 1 is 0.647 bits per heavy atom. The molecule has 0 aromatic rings. The molecular formula is C16H27P. The van der Waals surface area contributed by atoms with Crippen molar-refractivity contribution >= 4 is 7.92 Å². The zero-order chi connectivity index (χ0) is 11.5. The van der Waals surface area contributed by atoms with Crippen LogP contribution in [-0.2, 0) is 0 Å². The Morgan fingerprint density at radius 2 is 1.29 bits per heavy atom. The largest absolute Gasteiger partial charge is 0.0968 e. The molecular weight excluding hydrogens is 223 g/mol. The van der Waals surface area contributed by atoms with Crippen LogP contribution in [0.1, 0.15) is 70.6 Å². The highest BCUT2D eigenvalue weighted by Crippen LogP contribution is 2.64. The summed E-state index contributed by atoms with van der Waals surface area (Å²) >= 11 is 0. The molecule has 0 radical (unpaired) electrons. The highest BCUT2D eigenvalue weighted by Gasteiger charge is 2.40. The van der Waals surface area contributed by atoms with Gasteiger partial charge in [0, 0.05) is 0 Å². The Bertz CT molecular complexity index is 257. The molecule has 2 bridgehead atoms. The van der Waals surface area contributed by atoms with Crippen LogP contribution in [0.2, 0.25) is 0 Å². The average molecular weight is 250 g/mol. The van der Waals surface area contributed by atoms with Crippen molar-refractivity contribution in [1.29, 1.82) is 0 Å². The third-order valence-electron chi connectivity index (χ3n) is 5.16. The van der Waals surface area contributed by atoms with E-state index in [1.54, 1.807) is 44.9 Å².